The third-order valence-corrected chi connectivity index (χ3v) is 5.81. The number of hydrogen-bond acceptors (Lipinski definition) is 5. The summed E-state index contributed by atoms with van der Waals surface area (Å²) < 4.78 is 0. The van der Waals surface area contributed by atoms with Crippen LogP contribution in [0.2, 0.25) is 0 Å². The minimum atomic E-state index is -0.0535. The third kappa shape index (κ3) is 3.90. The van der Waals surface area contributed by atoms with Gasteiger partial charge < -0.3 is 10.3 Å². The quantitative estimate of drug-likeness (QED) is 0.284. The van der Waals surface area contributed by atoms with Crippen molar-refractivity contribution >= 4 is 45.3 Å². The lowest BCUT2D eigenvalue weighted by Gasteiger charge is -2.07. The van der Waals surface area contributed by atoms with E-state index in [1.807, 2.05) is 54.6 Å². The molecule has 0 bridgehead atoms. The first-order chi connectivity index (χ1) is 14.7. The lowest BCUT2D eigenvalue weighted by molar-refractivity contribution is -0.115. The van der Waals surface area contributed by atoms with E-state index in [-0.39, 0.29) is 5.91 Å². The Balaban J connectivity index is 1.24. The summed E-state index contributed by atoms with van der Waals surface area (Å²) >= 11 is 1.61. The van der Waals surface area contributed by atoms with Crippen LogP contribution in [0.5, 0.6) is 0 Å². The van der Waals surface area contributed by atoms with Crippen molar-refractivity contribution < 1.29 is 4.79 Å². The fourth-order valence-corrected chi connectivity index (χ4v) is 4.26. The maximum atomic E-state index is 12.5. The number of benzene rings is 2. The molecule has 0 unspecified atom stereocenters. The van der Waals surface area contributed by atoms with Crippen LogP contribution >= 0.6 is 11.8 Å². The van der Waals surface area contributed by atoms with Gasteiger partial charge in [-0.2, -0.15) is 5.10 Å². The summed E-state index contributed by atoms with van der Waals surface area (Å²) in [5, 5.41) is 12.8. The first-order valence-corrected chi connectivity index (χ1v) is 10.5. The highest BCUT2D eigenvalue weighted by Gasteiger charge is 2.09. The molecule has 0 fully saturated rings. The molecular weight excluding hydrogens is 396 g/mol. The van der Waals surface area contributed by atoms with Gasteiger partial charge in [0.2, 0.25) is 5.91 Å². The molecule has 30 heavy (non-hydrogen) atoms. The molecule has 5 rings (SSSR count). The normalized spacial score (nSPS) is 11.2. The molecule has 0 radical (unpaired) electrons. The lowest BCUT2D eigenvalue weighted by atomic mass is 10.2. The number of amides is 1. The first kappa shape index (κ1) is 18.4. The monoisotopic (exact) mass is 414 g/mol. The van der Waals surface area contributed by atoms with E-state index in [0.717, 1.165) is 49.7 Å². The molecule has 0 saturated heterocycles. The molecule has 0 aliphatic rings. The van der Waals surface area contributed by atoms with Gasteiger partial charge in [-0.05, 0) is 35.2 Å². The van der Waals surface area contributed by atoms with Gasteiger partial charge in [-0.3, -0.25) is 9.89 Å². The largest absolute Gasteiger partial charge is 0.358 e. The van der Waals surface area contributed by atoms with E-state index in [4.69, 9.17) is 0 Å². The van der Waals surface area contributed by atoms with E-state index in [1.54, 1.807) is 18.0 Å². The molecule has 3 aromatic heterocycles. The molecule has 0 saturated carbocycles. The van der Waals surface area contributed by atoms with Crippen LogP contribution in [0.3, 0.4) is 0 Å². The number of carbonyl (C=O) groups is 1. The second kappa shape index (κ2) is 8.00. The predicted octanol–water partition coefficient (Wildman–Crippen LogP) is 4.31. The van der Waals surface area contributed by atoms with Crippen LogP contribution in [0.4, 0.5) is 5.69 Å². The molecule has 148 valence electrons. The number of para-hydroxylation sites is 1. The summed E-state index contributed by atoms with van der Waals surface area (Å²) in [6.07, 6.45) is 3.56. The number of aromatic nitrogens is 5. The SMILES string of the molecule is O=C(Cc1cc2ccccc2[nH]1)Nc1cccc(CSc2ncnc3[nH]ncc23)c1. The van der Waals surface area contributed by atoms with E-state index in [9.17, 15) is 4.79 Å². The highest BCUT2D eigenvalue weighted by molar-refractivity contribution is 7.98. The summed E-state index contributed by atoms with van der Waals surface area (Å²) in [5.41, 5.74) is 4.54. The van der Waals surface area contributed by atoms with Crippen molar-refractivity contribution in [2.24, 2.45) is 0 Å². The molecule has 8 heteroatoms. The Morgan fingerprint density at radius 1 is 1.07 bits per heavy atom. The number of nitrogens with one attached hydrogen (secondary N) is 3. The van der Waals surface area contributed by atoms with Crippen molar-refractivity contribution in [3.05, 3.63) is 78.4 Å². The zero-order valence-electron chi connectivity index (χ0n) is 15.9. The summed E-state index contributed by atoms with van der Waals surface area (Å²) in [6, 6.07) is 17.9. The van der Waals surface area contributed by atoms with Gasteiger partial charge in [0.25, 0.3) is 0 Å². The number of aromatic amines is 2. The van der Waals surface area contributed by atoms with Crippen molar-refractivity contribution in [3.63, 3.8) is 0 Å². The first-order valence-electron chi connectivity index (χ1n) is 9.47. The zero-order chi connectivity index (χ0) is 20.3. The van der Waals surface area contributed by atoms with E-state index in [2.05, 4.69) is 30.5 Å². The fraction of sp³-hybridized carbons (Fsp3) is 0.0909. The Labute approximate surface area is 176 Å². The Morgan fingerprint density at radius 2 is 2.00 bits per heavy atom. The van der Waals surface area contributed by atoms with Crippen LogP contribution in [0.1, 0.15) is 11.3 Å². The second-order valence-corrected chi connectivity index (χ2v) is 7.87. The summed E-state index contributed by atoms with van der Waals surface area (Å²) in [6.45, 7) is 0. The molecule has 0 aliphatic carbocycles. The molecule has 1 amide bonds. The standard InChI is InChI=1S/C22H18N6OS/c29-20(10-17-9-15-5-1-2-7-19(15)26-17)27-16-6-3-4-14(8-16)12-30-22-18-11-25-28-21(18)23-13-24-22/h1-9,11,13,26H,10,12H2,(H,27,29)(H,23,24,25,28). The molecule has 0 aliphatic heterocycles. The molecule has 2 aromatic carbocycles. The average molecular weight is 414 g/mol. The lowest BCUT2D eigenvalue weighted by Crippen LogP contribution is -2.14. The highest BCUT2D eigenvalue weighted by atomic mass is 32.2. The van der Waals surface area contributed by atoms with Crippen molar-refractivity contribution in [3.8, 4) is 0 Å². The van der Waals surface area contributed by atoms with Gasteiger partial charge in [-0.1, -0.05) is 30.3 Å². The van der Waals surface area contributed by atoms with Crippen LogP contribution < -0.4 is 5.32 Å². The number of anilines is 1. The molecular formula is C22H18N6OS. The Kier molecular flexibility index (Phi) is 4.90. The number of carbonyl (C=O) groups excluding carboxylic acids is 1. The number of rotatable bonds is 6. The summed E-state index contributed by atoms with van der Waals surface area (Å²) in [5.74, 6) is 0.672. The Morgan fingerprint density at radius 3 is 2.93 bits per heavy atom. The number of fused-ring (bicyclic) bond motifs is 2. The maximum absolute atomic E-state index is 12.5. The van der Waals surface area contributed by atoms with Gasteiger partial charge in [0, 0.05) is 22.7 Å². The van der Waals surface area contributed by atoms with Crippen molar-refractivity contribution in [1.82, 2.24) is 25.1 Å². The maximum Gasteiger partial charge on any atom is 0.230 e. The highest BCUT2D eigenvalue weighted by Crippen LogP contribution is 2.27. The third-order valence-electron chi connectivity index (χ3n) is 4.73. The molecule has 0 atom stereocenters. The molecule has 7 nitrogen and oxygen atoms in total. The number of thioether (sulfide) groups is 1. The second-order valence-electron chi connectivity index (χ2n) is 6.91. The average Bonchev–Trinajstić information content (AvgIpc) is 3.39. The van der Waals surface area contributed by atoms with Crippen molar-refractivity contribution in [1.29, 1.82) is 0 Å². The predicted molar refractivity (Wildman–Crippen MR) is 118 cm³/mol. The molecule has 0 spiro atoms. The van der Waals surface area contributed by atoms with Crippen LogP contribution in [-0.4, -0.2) is 31.1 Å². The molecule has 5 aromatic rings. The number of hydrogen-bond donors (Lipinski definition) is 3. The van der Waals surface area contributed by atoms with Gasteiger partial charge >= 0.3 is 0 Å². The van der Waals surface area contributed by atoms with Crippen LogP contribution in [0, 0.1) is 0 Å². The van der Waals surface area contributed by atoms with Gasteiger partial charge in [0.05, 0.1) is 18.0 Å². The molecule has 3 N–H and O–H groups in total. The van der Waals surface area contributed by atoms with Gasteiger partial charge in [0.15, 0.2) is 5.65 Å². The van der Waals surface area contributed by atoms with Gasteiger partial charge in [0.1, 0.15) is 11.4 Å². The minimum Gasteiger partial charge on any atom is -0.358 e. The number of H-pyrrole nitrogens is 2. The van der Waals surface area contributed by atoms with Gasteiger partial charge in [-0.25, -0.2) is 9.97 Å². The van der Waals surface area contributed by atoms with E-state index in [0.29, 0.717) is 6.42 Å². The summed E-state index contributed by atoms with van der Waals surface area (Å²) in [4.78, 5) is 24.3. The smallest absolute Gasteiger partial charge is 0.230 e. The van der Waals surface area contributed by atoms with Crippen molar-refractivity contribution in [2.45, 2.75) is 17.2 Å². The van der Waals surface area contributed by atoms with E-state index in [1.165, 1.54) is 6.33 Å². The number of nitrogens with zero attached hydrogens (tertiary/aromatic N) is 3. The topological polar surface area (TPSA) is 99.4 Å². The van der Waals surface area contributed by atoms with Crippen LogP contribution in [0.25, 0.3) is 21.9 Å². The Hall–Kier alpha value is -3.65. The minimum absolute atomic E-state index is 0.0535. The van der Waals surface area contributed by atoms with Crippen LogP contribution in [0.15, 0.2) is 72.1 Å². The van der Waals surface area contributed by atoms with Gasteiger partial charge in [-0.15, -0.1) is 11.8 Å². The Bertz CT molecular complexity index is 1310. The summed E-state index contributed by atoms with van der Waals surface area (Å²) in [7, 11) is 0. The van der Waals surface area contributed by atoms with E-state index >= 15 is 0 Å². The fourth-order valence-electron chi connectivity index (χ4n) is 3.36. The van der Waals surface area contributed by atoms with E-state index < -0.39 is 0 Å². The van der Waals surface area contributed by atoms with Crippen LogP contribution in [-0.2, 0) is 17.0 Å². The zero-order valence-corrected chi connectivity index (χ0v) is 16.7. The molecule has 3 heterocycles. The van der Waals surface area contributed by atoms with Crippen molar-refractivity contribution in [2.75, 3.05) is 5.32 Å².